The standard InChI is InChI=1S/C12H18N2O2S/c1-8-10(11(15)16-2)17-12(14-8)13-7-9-5-3-4-6-9/h9H,3-7H2,1-2H3,(H,13,14). The van der Waals surface area contributed by atoms with Crippen molar-refractivity contribution in [3.8, 4) is 0 Å². The second-order valence-corrected chi connectivity index (χ2v) is 5.46. The van der Waals surface area contributed by atoms with Gasteiger partial charge in [0.2, 0.25) is 0 Å². The Labute approximate surface area is 105 Å². The highest BCUT2D eigenvalue weighted by Crippen LogP contribution is 2.27. The van der Waals surface area contributed by atoms with Crippen molar-refractivity contribution >= 4 is 22.4 Å². The summed E-state index contributed by atoms with van der Waals surface area (Å²) in [7, 11) is 1.40. The first-order chi connectivity index (χ1) is 8.20. The summed E-state index contributed by atoms with van der Waals surface area (Å²) in [5.74, 6) is 0.467. The fourth-order valence-corrected chi connectivity index (χ4v) is 3.09. The molecule has 0 spiro atoms. The number of anilines is 1. The third-order valence-electron chi connectivity index (χ3n) is 3.18. The average Bonchev–Trinajstić information content (AvgIpc) is 2.94. The molecule has 1 N–H and O–H groups in total. The van der Waals surface area contributed by atoms with Crippen LogP contribution in [0.1, 0.15) is 41.0 Å². The molecule has 0 amide bonds. The fourth-order valence-electron chi connectivity index (χ4n) is 2.20. The summed E-state index contributed by atoms with van der Waals surface area (Å²) in [5, 5.41) is 4.15. The lowest BCUT2D eigenvalue weighted by Gasteiger charge is -2.08. The predicted octanol–water partition coefficient (Wildman–Crippen LogP) is 2.84. The first kappa shape index (κ1) is 12.4. The molecule has 2 rings (SSSR count). The normalized spacial score (nSPS) is 16.1. The highest BCUT2D eigenvalue weighted by molar-refractivity contribution is 7.17. The van der Waals surface area contributed by atoms with Crippen molar-refractivity contribution in [2.24, 2.45) is 5.92 Å². The Bertz CT molecular complexity index is 397. The molecule has 94 valence electrons. The number of aromatic nitrogens is 1. The second kappa shape index (κ2) is 5.49. The van der Waals surface area contributed by atoms with E-state index >= 15 is 0 Å². The topological polar surface area (TPSA) is 51.2 Å². The number of aryl methyl sites for hydroxylation is 1. The van der Waals surface area contributed by atoms with Gasteiger partial charge in [0.1, 0.15) is 4.88 Å². The van der Waals surface area contributed by atoms with E-state index in [1.807, 2.05) is 6.92 Å². The molecule has 0 unspecified atom stereocenters. The molecule has 5 heteroatoms. The van der Waals surface area contributed by atoms with Crippen LogP contribution in [0.4, 0.5) is 5.13 Å². The Balaban J connectivity index is 1.94. The molecule has 0 atom stereocenters. The number of ether oxygens (including phenoxy) is 1. The number of hydrogen-bond acceptors (Lipinski definition) is 5. The molecule has 17 heavy (non-hydrogen) atoms. The number of hydrogen-bond donors (Lipinski definition) is 1. The van der Waals surface area contributed by atoms with Crippen LogP contribution in [-0.4, -0.2) is 24.6 Å². The van der Waals surface area contributed by atoms with Crippen LogP contribution in [0.15, 0.2) is 0 Å². The zero-order valence-corrected chi connectivity index (χ0v) is 11.1. The molecule has 0 radical (unpaired) electrons. The smallest absolute Gasteiger partial charge is 0.350 e. The van der Waals surface area contributed by atoms with Crippen LogP contribution in [0.5, 0.6) is 0 Å². The summed E-state index contributed by atoms with van der Waals surface area (Å²) in [6, 6.07) is 0. The number of carbonyl (C=O) groups excluding carboxylic acids is 1. The first-order valence-corrected chi connectivity index (χ1v) is 6.82. The molecule has 0 aromatic carbocycles. The fraction of sp³-hybridized carbons (Fsp3) is 0.667. The van der Waals surface area contributed by atoms with Gasteiger partial charge in [0.05, 0.1) is 12.8 Å². The molecule has 1 aliphatic rings. The van der Waals surface area contributed by atoms with E-state index < -0.39 is 0 Å². The number of esters is 1. The summed E-state index contributed by atoms with van der Waals surface area (Å²) in [4.78, 5) is 16.4. The molecule has 1 heterocycles. The SMILES string of the molecule is COC(=O)c1sc(NCC2CCCC2)nc1C. The van der Waals surface area contributed by atoms with Crippen LogP contribution in [0.3, 0.4) is 0 Å². The van der Waals surface area contributed by atoms with Gasteiger partial charge >= 0.3 is 5.97 Å². The Morgan fingerprint density at radius 3 is 2.88 bits per heavy atom. The van der Waals surface area contributed by atoms with E-state index in [1.165, 1.54) is 44.1 Å². The van der Waals surface area contributed by atoms with E-state index in [9.17, 15) is 4.79 Å². The zero-order chi connectivity index (χ0) is 12.3. The van der Waals surface area contributed by atoms with E-state index in [4.69, 9.17) is 4.74 Å². The van der Waals surface area contributed by atoms with Crippen LogP contribution in [-0.2, 0) is 4.74 Å². The Morgan fingerprint density at radius 2 is 2.24 bits per heavy atom. The molecule has 1 saturated carbocycles. The molecule has 4 nitrogen and oxygen atoms in total. The average molecular weight is 254 g/mol. The highest BCUT2D eigenvalue weighted by atomic mass is 32.1. The summed E-state index contributed by atoms with van der Waals surface area (Å²) in [6.45, 7) is 2.80. The monoisotopic (exact) mass is 254 g/mol. The summed E-state index contributed by atoms with van der Waals surface area (Å²) in [6.07, 6.45) is 5.30. The lowest BCUT2D eigenvalue weighted by molar-refractivity contribution is 0.0605. The van der Waals surface area contributed by atoms with Gasteiger partial charge in [-0.25, -0.2) is 9.78 Å². The van der Waals surface area contributed by atoms with Crippen molar-refractivity contribution < 1.29 is 9.53 Å². The number of rotatable bonds is 4. The van der Waals surface area contributed by atoms with Crippen molar-refractivity contribution in [3.05, 3.63) is 10.6 Å². The minimum Gasteiger partial charge on any atom is -0.465 e. The van der Waals surface area contributed by atoms with Crippen molar-refractivity contribution in [1.29, 1.82) is 0 Å². The van der Waals surface area contributed by atoms with Crippen molar-refractivity contribution in [1.82, 2.24) is 4.98 Å². The quantitative estimate of drug-likeness (QED) is 0.839. The third kappa shape index (κ3) is 2.97. The van der Waals surface area contributed by atoms with Gasteiger partial charge in [-0.3, -0.25) is 0 Å². The van der Waals surface area contributed by atoms with Crippen molar-refractivity contribution in [2.45, 2.75) is 32.6 Å². The van der Waals surface area contributed by atoms with Crippen LogP contribution < -0.4 is 5.32 Å². The molecular weight excluding hydrogens is 236 g/mol. The van der Waals surface area contributed by atoms with E-state index in [0.717, 1.165) is 23.3 Å². The molecule has 1 aliphatic carbocycles. The number of carbonyl (C=O) groups is 1. The van der Waals surface area contributed by atoms with Crippen molar-refractivity contribution in [3.63, 3.8) is 0 Å². The molecule has 1 aromatic rings. The third-order valence-corrected chi connectivity index (χ3v) is 4.28. The zero-order valence-electron chi connectivity index (χ0n) is 10.3. The van der Waals surface area contributed by atoms with Gasteiger partial charge in [-0.15, -0.1) is 0 Å². The van der Waals surface area contributed by atoms with Crippen molar-refractivity contribution in [2.75, 3.05) is 19.0 Å². The summed E-state index contributed by atoms with van der Waals surface area (Å²) in [5.41, 5.74) is 0.746. The summed E-state index contributed by atoms with van der Waals surface area (Å²) < 4.78 is 4.71. The minimum atomic E-state index is -0.297. The van der Waals surface area contributed by atoms with E-state index in [2.05, 4.69) is 10.3 Å². The van der Waals surface area contributed by atoms with E-state index in [0.29, 0.717) is 4.88 Å². The molecule has 0 saturated heterocycles. The molecule has 0 aliphatic heterocycles. The number of methoxy groups -OCH3 is 1. The second-order valence-electron chi connectivity index (χ2n) is 4.46. The number of nitrogens with one attached hydrogen (secondary N) is 1. The maximum absolute atomic E-state index is 11.4. The van der Waals surface area contributed by atoms with Gasteiger partial charge in [-0.1, -0.05) is 24.2 Å². The van der Waals surface area contributed by atoms with Gasteiger partial charge in [0.15, 0.2) is 5.13 Å². The van der Waals surface area contributed by atoms with Crippen LogP contribution >= 0.6 is 11.3 Å². The Hall–Kier alpha value is -1.10. The van der Waals surface area contributed by atoms with Gasteiger partial charge in [-0.2, -0.15) is 0 Å². The maximum atomic E-state index is 11.4. The molecule has 1 aromatic heterocycles. The molecule has 1 fully saturated rings. The Morgan fingerprint density at radius 1 is 1.53 bits per heavy atom. The minimum absolute atomic E-state index is 0.297. The number of thiazole rings is 1. The van der Waals surface area contributed by atoms with Crippen LogP contribution in [0.25, 0.3) is 0 Å². The lowest BCUT2D eigenvalue weighted by atomic mass is 10.1. The number of nitrogens with zero attached hydrogens (tertiary/aromatic N) is 1. The van der Waals surface area contributed by atoms with E-state index in [-0.39, 0.29) is 5.97 Å². The summed E-state index contributed by atoms with van der Waals surface area (Å²) >= 11 is 1.38. The maximum Gasteiger partial charge on any atom is 0.350 e. The van der Waals surface area contributed by atoms with Gasteiger partial charge in [0, 0.05) is 6.54 Å². The molecular formula is C12H18N2O2S. The first-order valence-electron chi connectivity index (χ1n) is 6.00. The Kier molecular flexibility index (Phi) is 3.99. The van der Waals surface area contributed by atoms with Crippen LogP contribution in [0.2, 0.25) is 0 Å². The predicted molar refractivity (Wildman–Crippen MR) is 68.6 cm³/mol. The van der Waals surface area contributed by atoms with Gasteiger partial charge < -0.3 is 10.1 Å². The highest BCUT2D eigenvalue weighted by Gasteiger charge is 2.18. The molecule has 0 bridgehead atoms. The largest absolute Gasteiger partial charge is 0.465 e. The lowest BCUT2D eigenvalue weighted by Crippen LogP contribution is -2.10. The van der Waals surface area contributed by atoms with Crippen LogP contribution in [0, 0.1) is 12.8 Å². The van der Waals surface area contributed by atoms with Gasteiger partial charge in [0.25, 0.3) is 0 Å². The van der Waals surface area contributed by atoms with Gasteiger partial charge in [-0.05, 0) is 25.7 Å². The van der Waals surface area contributed by atoms with E-state index in [1.54, 1.807) is 0 Å².